The molecule has 0 radical (unpaired) electrons. The molecule has 696 valence electrons. The molecule has 46 heteroatoms. The number of para-hydroxylation sites is 1. The highest BCUT2D eigenvalue weighted by Crippen LogP contribution is 2.36. The first-order valence-corrected chi connectivity index (χ1v) is 46.1. The van der Waals surface area contributed by atoms with Crippen LogP contribution >= 0.6 is 7.60 Å². The minimum atomic E-state index is -4.71. The summed E-state index contributed by atoms with van der Waals surface area (Å²) in [7, 11) is -13.7. The number of amides is 10. The lowest BCUT2D eigenvalue weighted by Crippen LogP contribution is -2.54. The summed E-state index contributed by atoms with van der Waals surface area (Å²) in [4.78, 5) is 225. The Labute approximate surface area is 743 Å². The first-order chi connectivity index (χ1) is 60.6. The van der Waals surface area contributed by atoms with Gasteiger partial charge in [0.25, 0.3) is 22.7 Å². The Morgan fingerprint density at radius 3 is 1.15 bits per heavy atom. The molecule has 0 saturated heterocycles. The van der Waals surface area contributed by atoms with Crippen LogP contribution in [0.5, 0.6) is 0 Å². The zero-order valence-corrected chi connectivity index (χ0v) is 74.5. The first kappa shape index (κ1) is 103. The molecule has 0 bridgehead atoms. The van der Waals surface area contributed by atoms with Gasteiger partial charge in [0.05, 0.1) is 102 Å². The van der Waals surface area contributed by atoms with Gasteiger partial charge in [0.15, 0.2) is 0 Å². The topological polar surface area (TPSA) is 604 Å². The maximum atomic E-state index is 15.8. The maximum absolute atomic E-state index is 15.8. The van der Waals surface area contributed by atoms with Crippen molar-refractivity contribution in [2.24, 2.45) is 21.9 Å². The van der Waals surface area contributed by atoms with Gasteiger partial charge in [-0.25, -0.2) is 27.1 Å². The normalized spacial score (nSPS) is 12.5. The quantitative estimate of drug-likeness (QED) is 0.0117. The average Bonchev–Trinajstić information content (AvgIpc) is 1.81. The molecular formula is C83H107N18O25PS2. The third-order valence-electron chi connectivity index (χ3n) is 21.5. The Morgan fingerprint density at radius 2 is 0.760 bits per heavy atom. The van der Waals surface area contributed by atoms with Gasteiger partial charge in [-0.2, -0.15) is 0 Å². The molecule has 4 atom stereocenters. The molecule has 43 nitrogen and oxygen atoms in total. The predicted octanol–water partition coefficient (Wildman–Crippen LogP) is 4.74. The van der Waals surface area contributed by atoms with Crippen molar-refractivity contribution >= 4 is 120 Å². The number of hydrogen-bond donors (Lipinski definition) is 7. The van der Waals surface area contributed by atoms with Crippen molar-refractivity contribution in [3.05, 3.63) is 232 Å². The molecule has 1 aromatic heterocycles. The van der Waals surface area contributed by atoms with Crippen molar-refractivity contribution in [2.75, 3.05) is 122 Å². The van der Waals surface area contributed by atoms with Gasteiger partial charge in [-0.1, -0.05) is 111 Å². The highest BCUT2D eigenvalue weighted by molar-refractivity contribution is 7.89. The molecule has 10 amide bonds. The van der Waals surface area contributed by atoms with E-state index in [1.165, 1.54) is 86.3 Å². The fourth-order valence-electron chi connectivity index (χ4n) is 13.8. The summed E-state index contributed by atoms with van der Waals surface area (Å²) in [6, 6.07) is 31.9. The summed E-state index contributed by atoms with van der Waals surface area (Å²) < 4.78 is 63.2. The number of aromatic nitrogens is 1. The van der Waals surface area contributed by atoms with Gasteiger partial charge in [0, 0.05) is 117 Å². The third-order valence-corrected chi connectivity index (χ3v) is 23.9. The minimum Gasteiger partial charge on any atom is -0.368 e. The molecule has 0 fully saturated rings. The third kappa shape index (κ3) is 33.0. The van der Waals surface area contributed by atoms with E-state index in [1.807, 2.05) is 0 Å². The van der Waals surface area contributed by atoms with Crippen LogP contribution < -0.4 is 21.3 Å². The van der Waals surface area contributed by atoms with E-state index in [-0.39, 0.29) is 98.0 Å². The molecule has 0 saturated carbocycles. The van der Waals surface area contributed by atoms with Gasteiger partial charge >= 0.3 is 7.60 Å². The Balaban J connectivity index is 1.27. The van der Waals surface area contributed by atoms with Crippen molar-refractivity contribution < 1.29 is 98.8 Å². The van der Waals surface area contributed by atoms with E-state index >= 15 is 28.8 Å². The summed E-state index contributed by atoms with van der Waals surface area (Å²) in [6.07, 6.45) is 0.776. The van der Waals surface area contributed by atoms with Gasteiger partial charge in [0.1, 0.15) is 13.1 Å². The number of unbranched alkanes of at least 4 members (excludes halogenated alkanes) is 1. The number of H-pyrrole nitrogens is 1. The van der Waals surface area contributed by atoms with Gasteiger partial charge in [-0.3, -0.25) is 93.0 Å². The summed E-state index contributed by atoms with van der Waals surface area (Å²) in [5.74, 6) is -12.2. The van der Waals surface area contributed by atoms with Crippen LogP contribution in [-0.2, 0) is 85.4 Å². The number of hydrogen-bond acceptors (Lipinski definition) is 24. The Hall–Kier alpha value is -12.9. The van der Waals surface area contributed by atoms with Crippen LogP contribution in [0.3, 0.4) is 0 Å². The molecule has 7 rings (SSSR count). The number of sulfonamides is 2. The molecule has 129 heavy (non-hydrogen) atoms. The van der Waals surface area contributed by atoms with Crippen molar-refractivity contribution in [1.82, 2.24) is 54.4 Å². The number of fused-ring (bicyclic) bond motifs is 1. The van der Waals surface area contributed by atoms with Gasteiger partial charge in [0.2, 0.25) is 79.1 Å². The number of nitrogens with one attached hydrogen (secondary N) is 2. The molecule has 6 aromatic carbocycles. The molecular weight excluding hydrogens is 1740 g/mol. The fraction of sp³-hybridized carbons (Fsp3) is 0.422. The van der Waals surface area contributed by atoms with Gasteiger partial charge < -0.3 is 69.9 Å². The van der Waals surface area contributed by atoms with Crippen LogP contribution in [0.2, 0.25) is 0 Å². The number of rotatable bonds is 52. The molecule has 0 aliphatic carbocycles. The summed E-state index contributed by atoms with van der Waals surface area (Å²) >= 11 is 0. The van der Waals surface area contributed by atoms with Crippen LogP contribution in [0.25, 0.3) is 10.9 Å². The van der Waals surface area contributed by atoms with Crippen molar-refractivity contribution in [1.29, 1.82) is 0 Å². The number of primary sulfonamides is 2. The SMILES string of the molecule is CC(C)CCN(CC(=O)N(CCS(N)(=O)=O)CC(=O)N(CC(N)=O)[C@@H](C)c1ccc([N+](=O)[O-])cc1)C(=O)CN(CCS(N)(=O)=O)C(=O)CN(C(=O)CN(CCc1c[nH]c2ccccc12)C(=O)CN(CCCCP(=O)(O)O)C(=O)CN(C(=O)CN(CCc1ccccc1)C(=O)CN[C@@H](C)c1ccc([N+](=O)[O-])cc1)[C@@H](C)c1ccc([N+](=O)[O-])cc1)[C@@H](C)c1ccc([N+](=O)[O-])cc1. The number of carbonyl (C=O) groups excluding carboxylic acids is 10. The van der Waals surface area contributed by atoms with E-state index in [9.17, 15) is 90.8 Å². The standard InChI is InChI=1S/C83H107N18O25PS2/c1-57(2)34-38-91(50-78(106)94(42-45-129(86,125)126)54-81(109)95(48-74(84)102)59(4)64-20-28-69(29-21-64)99(114)115)77(105)51-93(41-44-128(85,123)124)80(108)56-97(61(6)66-24-32-71(33-25-66)101(118)119)83(111)53-92(40-36-67-46-88-73-17-11-10-16-72(67)73)76(104)49-89(37-12-13-43-127(120,121)122)79(107)55-96(60(5)65-22-30-70(31-23-65)100(116)117)82(110)52-90(39-35-62-14-8-7-9-15-62)75(103)47-87-58(3)63-18-26-68(27-19-63)98(112)113/h7-11,14-33,46,57-61,87-88H,12-13,34-45,47-56H2,1-6H3,(H2,84,102)(H2,85,123,124)(H2,86,125,126)(H2,120,121,122)/t58-,59-,60-,61-/m0/s1. The first-order valence-electron chi connectivity index (χ1n) is 40.8. The van der Waals surface area contributed by atoms with Crippen LogP contribution in [0.4, 0.5) is 22.7 Å². The van der Waals surface area contributed by atoms with E-state index in [2.05, 4.69) is 10.3 Å². The lowest BCUT2D eigenvalue weighted by Gasteiger charge is -2.35. The number of carbonyl (C=O) groups is 10. The second-order valence-corrected chi connectivity index (χ2v) is 36.5. The minimum absolute atomic E-state index is 0.0488. The number of nitrogens with zero attached hydrogens (tertiary/aromatic N) is 13. The number of aromatic amines is 1. The fourth-order valence-corrected chi connectivity index (χ4v) is 15.4. The summed E-state index contributed by atoms with van der Waals surface area (Å²) in [5, 5.41) is 61.6. The van der Waals surface area contributed by atoms with E-state index in [1.54, 1.807) is 81.6 Å². The zero-order valence-electron chi connectivity index (χ0n) is 72.0. The number of nitro groups is 4. The van der Waals surface area contributed by atoms with E-state index in [0.717, 1.165) is 76.3 Å². The zero-order chi connectivity index (χ0) is 95.4. The van der Waals surface area contributed by atoms with Crippen molar-refractivity contribution in [2.45, 2.75) is 97.8 Å². The van der Waals surface area contributed by atoms with Crippen molar-refractivity contribution in [3.8, 4) is 0 Å². The number of primary amides is 1. The van der Waals surface area contributed by atoms with Gasteiger partial charge in [-0.05, 0) is 105 Å². The van der Waals surface area contributed by atoms with Crippen LogP contribution in [0.1, 0.15) is 118 Å². The number of nitrogens with two attached hydrogens (primary N) is 3. The summed E-state index contributed by atoms with van der Waals surface area (Å²) in [6.45, 7) is -2.31. The molecule has 0 spiro atoms. The lowest BCUT2D eigenvalue weighted by molar-refractivity contribution is -0.385. The number of non-ortho nitro benzene ring substituents is 4. The van der Waals surface area contributed by atoms with E-state index < -0.39 is 232 Å². The predicted molar refractivity (Wildman–Crippen MR) is 472 cm³/mol. The number of nitro benzene ring substituents is 4. The molecule has 0 unspecified atom stereocenters. The second kappa shape index (κ2) is 47.8. The Kier molecular flexibility index (Phi) is 38.2. The van der Waals surface area contributed by atoms with Crippen LogP contribution in [-0.4, -0.2) is 277 Å². The van der Waals surface area contributed by atoms with E-state index in [4.69, 9.17) is 16.0 Å². The summed E-state index contributed by atoms with van der Waals surface area (Å²) in [5.41, 5.74) is 7.52. The van der Waals surface area contributed by atoms with Crippen LogP contribution in [0.15, 0.2) is 158 Å². The highest BCUT2D eigenvalue weighted by atomic mass is 32.2. The Bertz CT molecular complexity index is 5440. The molecule has 7 aromatic rings. The Morgan fingerprint density at radius 1 is 0.419 bits per heavy atom. The maximum Gasteiger partial charge on any atom is 0.325 e. The van der Waals surface area contributed by atoms with Crippen LogP contribution in [0, 0.1) is 46.4 Å². The lowest BCUT2D eigenvalue weighted by atomic mass is 10.1. The number of benzene rings is 6. The molecule has 0 aliphatic heterocycles. The smallest absolute Gasteiger partial charge is 0.325 e. The molecule has 0 aliphatic rings. The largest absolute Gasteiger partial charge is 0.368 e. The van der Waals surface area contributed by atoms with Gasteiger partial charge in [-0.15, -0.1) is 0 Å². The molecule has 1 heterocycles. The molecule has 10 N–H and O–H groups in total. The average molecular weight is 1850 g/mol. The highest BCUT2D eigenvalue weighted by Gasteiger charge is 2.37. The monoisotopic (exact) mass is 1850 g/mol. The van der Waals surface area contributed by atoms with Crippen molar-refractivity contribution in [3.63, 3.8) is 0 Å². The van der Waals surface area contributed by atoms with E-state index in [0.29, 0.717) is 26.9 Å². The second-order valence-electron chi connectivity index (χ2n) is 31.3.